The molecule has 0 saturated heterocycles. The number of benzene rings is 1. The van der Waals surface area contributed by atoms with Crippen LogP contribution in [0.3, 0.4) is 0 Å². The van der Waals surface area contributed by atoms with Gasteiger partial charge in [0.25, 0.3) is 0 Å². The van der Waals surface area contributed by atoms with Crippen molar-refractivity contribution in [2.45, 2.75) is 0 Å². The lowest BCUT2D eigenvalue weighted by Crippen LogP contribution is -2.29. The molecule has 78 valence electrons. The number of hydrogen-bond acceptors (Lipinski definition) is 3. The first kappa shape index (κ1) is 10.7. The van der Waals surface area contributed by atoms with Crippen molar-refractivity contribution in [3.05, 3.63) is 29.8 Å². The zero-order valence-corrected chi connectivity index (χ0v) is 7.56. The number of rotatable bonds is 2. The van der Waals surface area contributed by atoms with Crippen LogP contribution in [0.1, 0.15) is 10.4 Å². The lowest BCUT2D eigenvalue weighted by molar-refractivity contribution is -0.134. The molecule has 2 amide bonds. The number of amides is 2. The van der Waals surface area contributed by atoms with Crippen molar-refractivity contribution in [1.29, 1.82) is 0 Å². The molecule has 0 aliphatic heterocycles. The molecule has 0 aliphatic rings. The molecule has 15 heavy (non-hydrogen) atoms. The topological polar surface area (TPSA) is 109 Å². The van der Waals surface area contributed by atoms with E-state index in [1.807, 2.05) is 0 Å². The maximum atomic E-state index is 10.9. The molecule has 0 saturated carbocycles. The average molecular weight is 208 g/mol. The van der Waals surface area contributed by atoms with Gasteiger partial charge in [-0.05, 0) is 18.2 Å². The second kappa shape index (κ2) is 4.23. The van der Waals surface area contributed by atoms with Gasteiger partial charge >= 0.3 is 17.8 Å². The Bertz CT molecular complexity index is 428. The summed E-state index contributed by atoms with van der Waals surface area (Å²) in [5.41, 5.74) is 4.93. The summed E-state index contributed by atoms with van der Waals surface area (Å²) in [7, 11) is 0. The van der Waals surface area contributed by atoms with E-state index in [1.165, 1.54) is 24.3 Å². The normalized spacial score (nSPS) is 9.33. The molecule has 6 heteroatoms. The number of nitrogens with two attached hydrogens (primary N) is 1. The van der Waals surface area contributed by atoms with Crippen LogP contribution in [0.15, 0.2) is 24.3 Å². The number of carbonyl (C=O) groups is 3. The minimum Gasteiger partial charge on any atom is -0.478 e. The smallest absolute Gasteiger partial charge is 0.335 e. The van der Waals surface area contributed by atoms with Gasteiger partial charge in [-0.2, -0.15) is 0 Å². The standard InChI is InChI=1S/C9H8N2O4/c10-7(12)8(13)11-6-3-1-2-5(4-6)9(14)15/h1-4H,(H2,10,12)(H,11,13)(H,14,15). The van der Waals surface area contributed by atoms with Gasteiger partial charge in [0.15, 0.2) is 0 Å². The van der Waals surface area contributed by atoms with Crippen LogP contribution in [0.5, 0.6) is 0 Å². The Kier molecular flexibility index (Phi) is 3.02. The van der Waals surface area contributed by atoms with Gasteiger partial charge in [0.2, 0.25) is 0 Å². The minimum atomic E-state index is -1.13. The molecule has 0 unspecified atom stereocenters. The summed E-state index contributed by atoms with van der Waals surface area (Å²) in [6.45, 7) is 0. The van der Waals surface area contributed by atoms with E-state index in [2.05, 4.69) is 5.32 Å². The summed E-state index contributed by atoms with van der Waals surface area (Å²) in [4.78, 5) is 31.8. The fourth-order valence-corrected chi connectivity index (χ4v) is 0.923. The lowest BCUT2D eigenvalue weighted by Gasteiger charge is -2.02. The number of anilines is 1. The number of carboxylic acids is 1. The van der Waals surface area contributed by atoms with Gasteiger partial charge in [-0.15, -0.1) is 0 Å². The van der Waals surface area contributed by atoms with Crippen LogP contribution < -0.4 is 11.1 Å². The second-order valence-electron chi connectivity index (χ2n) is 2.70. The average Bonchev–Trinajstić information content (AvgIpc) is 2.18. The Labute approximate surface area is 84.7 Å². The molecule has 4 N–H and O–H groups in total. The molecule has 1 aromatic rings. The monoisotopic (exact) mass is 208 g/mol. The number of primary amides is 1. The number of carboxylic acid groups (broad SMARTS) is 1. The second-order valence-corrected chi connectivity index (χ2v) is 2.70. The van der Waals surface area contributed by atoms with Crippen molar-refractivity contribution >= 4 is 23.5 Å². The van der Waals surface area contributed by atoms with Crippen LogP contribution in [0.25, 0.3) is 0 Å². The summed E-state index contributed by atoms with van der Waals surface area (Å²) in [6.07, 6.45) is 0. The SMILES string of the molecule is NC(=O)C(=O)Nc1cccc(C(=O)O)c1. The Morgan fingerprint density at radius 3 is 2.47 bits per heavy atom. The van der Waals surface area contributed by atoms with E-state index in [0.717, 1.165) is 0 Å². The highest BCUT2D eigenvalue weighted by molar-refractivity contribution is 6.39. The van der Waals surface area contributed by atoms with Crippen molar-refractivity contribution in [1.82, 2.24) is 0 Å². The van der Waals surface area contributed by atoms with Crippen LogP contribution in [0.2, 0.25) is 0 Å². The van der Waals surface area contributed by atoms with Crippen LogP contribution in [0.4, 0.5) is 5.69 Å². The Morgan fingerprint density at radius 1 is 1.27 bits per heavy atom. The summed E-state index contributed by atoms with van der Waals surface area (Å²) >= 11 is 0. The maximum absolute atomic E-state index is 10.9. The number of carbonyl (C=O) groups excluding carboxylic acids is 2. The Balaban J connectivity index is 2.87. The quantitative estimate of drug-likeness (QED) is 0.585. The Hall–Kier alpha value is -2.37. The van der Waals surface area contributed by atoms with E-state index >= 15 is 0 Å². The van der Waals surface area contributed by atoms with Gasteiger partial charge in [0, 0.05) is 5.69 Å². The van der Waals surface area contributed by atoms with Crippen LogP contribution in [0, 0.1) is 0 Å². The fourth-order valence-electron chi connectivity index (χ4n) is 0.923. The van der Waals surface area contributed by atoms with Gasteiger partial charge in [0.1, 0.15) is 0 Å². The molecule has 1 aromatic carbocycles. The molecule has 0 spiro atoms. The molecule has 0 fully saturated rings. The summed E-state index contributed by atoms with van der Waals surface area (Å²) < 4.78 is 0. The number of nitrogens with one attached hydrogen (secondary N) is 1. The highest BCUT2D eigenvalue weighted by Crippen LogP contribution is 2.10. The van der Waals surface area contributed by atoms with E-state index in [-0.39, 0.29) is 11.3 Å². The van der Waals surface area contributed by atoms with Gasteiger partial charge in [-0.3, -0.25) is 9.59 Å². The van der Waals surface area contributed by atoms with Crippen molar-refractivity contribution in [2.24, 2.45) is 5.73 Å². The molecule has 0 bridgehead atoms. The van der Waals surface area contributed by atoms with Crippen LogP contribution in [-0.2, 0) is 9.59 Å². The van der Waals surface area contributed by atoms with E-state index in [9.17, 15) is 14.4 Å². The first-order valence-corrected chi connectivity index (χ1v) is 3.95. The summed E-state index contributed by atoms with van der Waals surface area (Å²) in [5.74, 6) is -3.24. The highest BCUT2D eigenvalue weighted by atomic mass is 16.4. The number of hydrogen-bond donors (Lipinski definition) is 3. The van der Waals surface area contributed by atoms with Crippen molar-refractivity contribution in [2.75, 3.05) is 5.32 Å². The highest BCUT2D eigenvalue weighted by Gasteiger charge is 2.09. The molecule has 1 rings (SSSR count). The van der Waals surface area contributed by atoms with Gasteiger partial charge in [-0.25, -0.2) is 4.79 Å². The van der Waals surface area contributed by atoms with Crippen molar-refractivity contribution in [3.63, 3.8) is 0 Å². The molecule has 0 aliphatic carbocycles. The van der Waals surface area contributed by atoms with E-state index in [4.69, 9.17) is 10.8 Å². The third-order valence-corrected chi connectivity index (χ3v) is 1.59. The first-order chi connectivity index (χ1) is 7.00. The molecule has 0 radical (unpaired) electrons. The van der Waals surface area contributed by atoms with E-state index in [1.54, 1.807) is 0 Å². The number of aromatic carboxylic acids is 1. The first-order valence-electron chi connectivity index (χ1n) is 3.95. The predicted molar refractivity (Wildman–Crippen MR) is 51.2 cm³/mol. The third kappa shape index (κ3) is 2.80. The Morgan fingerprint density at radius 2 is 1.93 bits per heavy atom. The molecule has 0 aromatic heterocycles. The fraction of sp³-hybridized carbons (Fsp3) is 0. The van der Waals surface area contributed by atoms with E-state index in [0.29, 0.717) is 0 Å². The summed E-state index contributed by atoms with van der Waals surface area (Å²) in [6, 6.07) is 5.48. The van der Waals surface area contributed by atoms with Gasteiger partial charge in [0.05, 0.1) is 5.56 Å². The predicted octanol–water partition coefficient (Wildman–Crippen LogP) is -0.191. The molecule has 6 nitrogen and oxygen atoms in total. The van der Waals surface area contributed by atoms with Gasteiger partial charge in [-0.1, -0.05) is 6.07 Å². The largest absolute Gasteiger partial charge is 0.478 e. The minimum absolute atomic E-state index is 0.0114. The third-order valence-electron chi connectivity index (χ3n) is 1.59. The zero-order chi connectivity index (χ0) is 11.4. The van der Waals surface area contributed by atoms with Crippen molar-refractivity contribution in [3.8, 4) is 0 Å². The van der Waals surface area contributed by atoms with Crippen molar-refractivity contribution < 1.29 is 19.5 Å². The van der Waals surface area contributed by atoms with E-state index < -0.39 is 17.8 Å². The van der Waals surface area contributed by atoms with Gasteiger partial charge < -0.3 is 16.2 Å². The molecule has 0 atom stereocenters. The van der Waals surface area contributed by atoms with Crippen LogP contribution in [-0.4, -0.2) is 22.9 Å². The van der Waals surface area contributed by atoms with Crippen LogP contribution >= 0.6 is 0 Å². The maximum Gasteiger partial charge on any atom is 0.335 e. The zero-order valence-electron chi connectivity index (χ0n) is 7.56. The molecule has 0 heterocycles. The molecular weight excluding hydrogens is 200 g/mol. The summed E-state index contributed by atoms with van der Waals surface area (Å²) in [5, 5.41) is 10.8. The lowest BCUT2D eigenvalue weighted by atomic mass is 10.2. The molecular formula is C9H8N2O4.